The van der Waals surface area contributed by atoms with Crippen LogP contribution >= 0.6 is 11.8 Å². The second kappa shape index (κ2) is 5.93. The van der Waals surface area contributed by atoms with Crippen LogP contribution in [0.1, 0.15) is 16.8 Å². The average molecular weight is 276 g/mol. The Labute approximate surface area is 116 Å². The Morgan fingerprint density at radius 1 is 1.32 bits per heavy atom. The predicted octanol–water partition coefficient (Wildman–Crippen LogP) is 2.72. The minimum absolute atomic E-state index is 0.0546. The normalized spacial score (nSPS) is 10.6. The van der Waals surface area contributed by atoms with Crippen LogP contribution in [0.15, 0.2) is 35.4 Å². The van der Waals surface area contributed by atoms with Gasteiger partial charge in [-0.2, -0.15) is 5.10 Å². The second-order valence-corrected chi connectivity index (χ2v) is 5.45. The van der Waals surface area contributed by atoms with Gasteiger partial charge < -0.3 is 5.11 Å². The standard InChI is InChI=1S/C14H16N2O2S/c1-10-3-5-12(6-4-10)8-16-13(7-11(2)15-16)19-9-14(17)18/h3-7H,8-9H2,1-2H3,(H,17,18). The maximum Gasteiger partial charge on any atom is 0.313 e. The van der Waals surface area contributed by atoms with Crippen molar-refractivity contribution in [2.45, 2.75) is 25.4 Å². The molecule has 1 aromatic heterocycles. The summed E-state index contributed by atoms with van der Waals surface area (Å²) in [5.41, 5.74) is 3.28. The van der Waals surface area contributed by atoms with Crippen LogP contribution in [0.2, 0.25) is 0 Å². The van der Waals surface area contributed by atoms with E-state index in [2.05, 4.69) is 36.3 Å². The lowest BCUT2D eigenvalue weighted by molar-refractivity contribution is -0.133. The van der Waals surface area contributed by atoms with Crippen LogP contribution in [0.25, 0.3) is 0 Å². The third-order valence-corrected chi connectivity index (χ3v) is 3.68. The fourth-order valence-electron chi connectivity index (χ4n) is 1.75. The molecule has 19 heavy (non-hydrogen) atoms. The van der Waals surface area contributed by atoms with E-state index >= 15 is 0 Å². The molecule has 1 heterocycles. The predicted molar refractivity (Wildman–Crippen MR) is 75.6 cm³/mol. The number of aryl methyl sites for hydroxylation is 2. The molecule has 0 atom stereocenters. The van der Waals surface area contributed by atoms with E-state index < -0.39 is 5.97 Å². The van der Waals surface area contributed by atoms with Gasteiger partial charge in [-0.1, -0.05) is 41.6 Å². The summed E-state index contributed by atoms with van der Waals surface area (Å²) in [6, 6.07) is 10.2. The summed E-state index contributed by atoms with van der Waals surface area (Å²) >= 11 is 1.30. The van der Waals surface area contributed by atoms with Crippen LogP contribution in [0.4, 0.5) is 0 Å². The van der Waals surface area contributed by atoms with Crippen molar-refractivity contribution in [3.63, 3.8) is 0 Å². The average Bonchev–Trinajstić information content (AvgIpc) is 2.70. The molecule has 2 rings (SSSR count). The molecule has 0 aliphatic heterocycles. The van der Waals surface area contributed by atoms with Crippen LogP contribution in [-0.4, -0.2) is 26.6 Å². The highest BCUT2D eigenvalue weighted by molar-refractivity contribution is 7.99. The first-order valence-electron chi connectivity index (χ1n) is 5.99. The minimum Gasteiger partial charge on any atom is -0.481 e. The first kappa shape index (κ1) is 13.7. The largest absolute Gasteiger partial charge is 0.481 e. The third-order valence-electron chi connectivity index (χ3n) is 2.66. The maximum atomic E-state index is 10.6. The van der Waals surface area contributed by atoms with E-state index in [0.717, 1.165) is 16.3 Å². The van der Waals surface area contributed by atoms with Crippen molar-refractivity contribution in [2.24, 2.45) is 0 Å². The third kappa shape index (κ3) is 3.86. The molecule has 4 nitrogen and oxygen atoms in total. The van der Waals surface area contributed by atoms with Crippen molar-refractivity contribution in [3.8, 4) is 0 Å². The van der Waals surface area contributed by atoms with Crippen molar-refractivity contribution in [1.82, 2.24) is 9.78 Å². The molecule has 5 heteroatoms. The molecule has 0 unspecified atom stereocenters. The molecule has 1 aromatic carbocycles. The number of aliphatic carboxylic acids is 1. The number of carboxylic acids is 1. The van der Waals surface area contributed by atoms with Gasteiger partial charge in [0.2, 0.25) is 0 Å². The number of carbonyl (C=O) groups is 1. The lowest BCUT2D eigenvalue weighted by Gasteiger charge is -2.06. The summed E-state index contributed by atoms with van der Waals surface area (Å²) in [6.07, 6.45) is 0. The molecule has 100 valence electrons. The van der Waals surface area contributed by atoms with Gasteiger partial charge in [0.15, 0.2) is 0 Å². The van der Waals surface area contributed by atoms with Gasteiger partial charge in [0.1, 0.15) is 0 Å². The molecule has 0 aliphatic carbocycles. The number of hydrogen-bond donors (Lipinski definition) is 1. The smallest absolute Gasteiger partial charge is 0.313 e. The van der Waals surface area contributed by atoms with Gasteiger partial charge in [-0.25, -0.2) is 0 Å². The Morgan fingerprint density at radius 2 is 2.00 bits per heavy atom. The summed E-state index contributed by atoms with van der Waals surface area (Å²) in [5.74, 6) is -0.760. The first-order chi connectivity index (χ1) is 9.04. The molecule has 0 spiro atoms. The van der Waals surface area contributed by atoms with Crippen LogP contribution in [0.5, 0.6) is 0 Å². The highest BCUT2D eigenvalue weighted by Gasteiger charge is 2.08. The van der Waals surface area contributed by atoms with Gasteiger partial charge in [0, 0.05) is 0 Å². The van der Waals surface area contributed by atoms with Crippen molar-refractivity contribution in [3.05, 3.63) is 47.2 Å². The molecule has 0 saturated carbocycles. The molecule has 0 bridgehead atoms. The molecular weight excluding hydrogens is 260 g/mol. The lowest BCUT2D eigenvalue weighted by Crippen LogP contribution is -2.05. The molecule has 2 aromatic rings. The highest BCUT2D eigenvalue weighted by atomic mass is 32.2. The Hall–Kier alpha value is -1.75. The van der Waals surface area contributed by atoms with Crippen molar-refractivity contribution in [1.29, 1.82) is 0 Å². The van der Waals surface area contributed by atoms with E-state index in [0.29, 0.717) is 6.54 Å². The molecule has 0 aliphatic rings. The second-order valence-electron chi connectivity index (χ2n) is 4.45. The van der Waals surface area contributed by atoms with Gasteiger partial charge >= 0.3 is 5.97 Å². The van der Waals surface area contributed by atoms with Gasteiger partial charge in [0.05, 0.1) is 23.0 Å². The SMILES string of the molecule is Cc1ccc(Cn2nc(C)cc2SCC(=O)O)cc1. The quantitative estimate of drug-likeness (QED) is 0.853. The topological polar surface area (TPSA) is 55.1 Å². The summed E-state index contributed by atoms with van der Waals surface area (Å²) in [4.78, 5) is 10.6. The van der Waals surface area contributed by atoms with Crippen LogP contribution in [0.3, 0.4) is 0 Å². The minimum atomic E-state index is -0.814. The summed E-state index contributed by atoms with van der Waals surface area (Å²) < 4.78 is 1.85. The van der Waals surface area contributed by atoms with Crippen molar-refractivity contribution in [2.75, 3.05) is 5.75 Å². The molecular formula is C14H16N2O2S. The van der Waals surface area contributed by atoms with E-state index in [1.54, 1.807) is 0 Å². The van der Waals surface area contributed by atoms with Gasteiger partial charge in [0.25, 0.3) is 0 Å². The summed E-state index contributed by atoms with van der Waals surface area (Å²) in [7, 11) is 0. The van der Waals surface area contributed by atoms with Gasteiger partial charge in [-0.3, -0.25) is 9.48 Å². The van der Waals surface area contributed by atoms with Crippen molar-refractivity contribution < 1.29 is 9.90 Å². The summed E-state index contributed by atoms with van der Waals surface area (Å²) in [6.45, 7) is 4.63. The number of nitrogens with zero attached hydrogens (tertiary/aromatic N) is 2. The number of hydrogen-bond acceptors (Lipinski definition) is 3. The molecule has 0 amide bonds. The van der Waals surface area contributed by atoms with E-state index in [1.807, 2.05) is 17.7 Å². The van der Waals surface area contributed by atoms with E-state index in [9.17, 15) is 4.79 Å². The lowest BCUT2D eigenvalue weighted by atomic mass is 10.1. The van der Waals surface area contributed by atoms with Crippen LogP contribution in [0, 0.1) is 13.8 Å². The molecule has 1 N–H and O–H groups in total. The van der Waals surface area contributed by atoms with Gasteiger partial charge in [-0.15, -0.1) is 0 Å². The Morgan fingerprint density at radius 3 is 2.63 bits per heavy atom. The Balaban J connectivity index is 2.15. The molecule has 0 fully saturated rings. The monoisotopic (exact) mass is 276 g/mol. The van der Waals surface area contributed by atoms with Crippen molar-refractivity contribution >= 4 is 17.7 Å². The van der Waals surface area contributed by atoms with E-state index in [4.69, 9.17) is 5.11 Å². The first-order valence-corrected chi connectivity index (χ1v) is 6.98. The number of thioether (sulfide) groups is 1. The number of benzene rings is 1. The zero-order chi connectivity index (χ0) is 13.8. The van der Waals surface area contributed by atoms with E-state index in [1.165, 1.54) is 17.3 Å². The zero-order valence-corrected chi connectivity index (χ0v) is 11.8. The number of aromatic nitrogens is 2. The fraction of sp³-hybridized carbons (Fsp3) is 0.286. The Bertz CT molecular complexity index is 576. The maximum absolute atomic E-state index is 10.6. The highest BCUT2D eigenvalue weighted by Crippen LogP contribution is 2.20. The van der Waals surface area contributed by atoms with Crippen LogP contribution < -0.4 is 0 Å². The molecule has 0 saturated heterocycles. The zero-order valence-electron chi connectivity index (χ0n) is 11.0. The number of rotatable bonds is 5. The summed E-state index contributed by atoms with van der Waals surface area (Å²) in [5, 5.41) is 14.0. The Kier molecular flexibility index (Phi) is 4.27. The van der Waals surface area contributed by atoms with E-state index in [-0.39, 0.29) is 5.75 Å². The fourth-order valence-corrected chi connectivity index (χ4v) is 2.53. The number of carboxylic acid groups (broad SMARTS) is 1. The van der Waals surface area contributed by atoms with Crippen LogP contribution in [-0.2, 0) is 11.3 Å². The molecule has 0 radical (unpaired) electrons. The van der Waals surface area contributed by atoms with Gasteiger partial charge in [-0.05, 0) is 25.5 Å².